The molecule has 2 rings (SSSR count). The Kier molecular flexibility index (Phi) is 3.48. The summed E-state index contributed by atoms with van der Waals surface area (Å²) < 4.78 is 0. The van der Waals surface area contributed by atoms with Gasteiger partial charge in [-0.3, -0.25) is 5.10 Å². The highest BCUT2D eigenvalue weighted by Crippen LogP contribution is 2.23. The van der Waals surface area contributed by atoms with E-state index in [1.807, 2.05) is 12.4 Å². The summed E-state index contributed by atoms with van der Waals surface area (Å²) in [5.41, 5.74) is 7.81. The number of thiophene rings is 1. The lowest BCUT2D eigenvalue weighted by Crippen LogP contribution is -1.91. The monoisotopic (exact) mass is 215 g/mol. The van der Waals surface area contributed by atoms with Crippen LogP contribution in [0.2, 0.25) is 0 Å². The molecule has 0 spiro atoms. The first-order valence-corrected chi connectivity index (χ1v) is 4.55. The number of nitrogens with one attached hydrogen (secondary N) is 1. The summed E-state index contributed by atoms with van der Waals surface area (Å²) >= 11 is 1.68. The number of aromatic amines is 1. The fourth-order valence-electron chi connectivity index (χ4n) is 1.05. The van der Waals surface area contributed by atoms with Crippen LogP contribution in [-0.4, -0.2) is 10.2 Å². The molecule has 0 fully saturated rings. The van der Waals surface area contributed by atoms with Crippen LogP contribution in [0.5, 0.6) is 0 Å². The Bertz CT molecular complexity index is 355. The molecule has 0 radical (unpaired) electrons. The van der Waals surface area contributed by atoms with Crippen molar-refractivity contribution >= 4 is 23.7 Å². The number of nitrogens with zero attached hydrogens (tertiary/aromatic N) is 1. The first kappa shape index (κ1) is 10.2. The molecule has 13 heavy (non-hydrogen) atoms. The maximum Gasteiger partial charge on any atom is 0.0566 e. The predicted molar refractivity (Wildman–Crippen MR) is 57.0 cm³/mol. The molecule has 0 bridgehead atoms. The molecular formula is C8H10ClN3S. The van der Waals surface area contributed by atoms with E-state index in [2.05, 4.69) is 21.6 Å². The van der Waals surface area contributed by atoms with Crippen molar-refractivity contribution in [2.75, 3.05) is 0 Å². The summed E-state index contributed by atoms with van der Waals surface area (Å²) in [5, 5.41) is 8.75. The Morgan fingerprint density at radius 2 is 2.31 bits per heavy atom. The molecule has 0 saturated carbocycles. The van der Waals surface area contributed by atoms with Crippen LogP contribution in [0, 0.1) is 0 Å². The van der Waals surface area contributed by atoms with Gasteiger partial charge in [0.25, 0.3) is 0 Å². The van der Waals surface area contributed by atoms with Crippen molar-refractivity contribution in [3.8, 4) is 11.1 Å². The van der Waals surface area contributed by atoms with Crippen LogP contribution in [0.15, 0.2) is 23.8 Å². The summed E-state index contributed by atoms with van der Waals surface area (Å²) in [4.78, 5) is 1.20. The molecule has 0 aliphatic heterocycles. The highest BCUT2D eigenvalue weighted by Gasteiger charge is 2.01. The molecule has 0 aliphatic rings. The van der Waals surface area contributed by atoms with Gasteiger partial charge in [-0.25, -0.2) is 0 Å². The number of aromatic nitrogens is 2. The average Bonchev–Trinajstić information content (AvgIpc) is 2.75. The van der Waals surface area contributed by atoms with Crippen molar-refractivity contribution < 1.29 is 0 Å². The Hall–Kier alpha value is -0.840. The average molecular weight is 216 g/mol. The Morgan fingerprint density at radius 3 is 2.85 bits per heavy atom. The lowest BCUT2D eigenvalue weighted by molar-refractivity contribution is 1.09. The van der Waals surface area contributed by atoms with Crippen molar-refractivity contribution in [3.63, 3.8) is 0 Å². The second kappa shape index (κ2) is 4.41. The molecule has 0 saturated heterocycles. The smallest absolute Gasteiger partial charge is 0.0566 e. The van der Waals surface area contributed by atoms with Crippen LogP contribution in [-0.2, 0) is 6.54 Å². The third-order valence-corrected chi connectivity index (χ3v) is 2.65. The molecule has 0 atom stereocenters. The maximum absolute atomic E-state index is 5.50. The topological polar surface area (TPSA) is 54.7 Å². The molecule has 2 heterocycles. The maximum atomic E-state index is 5.50. The van der Waals surface area contributed by atoms with Gasteiger partial charge >= 0.3 is 0 Å². The van der Waals surface area contributed by atoms with Crippen molar-refractivity contribution in [2.24, 2.45) is 5.73 Å². The van der Waals surface area contributed by atoms with Crippen molar-refractivity contribution in [1.82, 2.24) is 10.2 Å². The first-order valence-electron chi connectivity index (χ1n) is 3.67. The Labute approximate surface area is 86.4 Å². The van der Waals surface area contributed by atoms with E-state index in [1.165, 1.54) is 10.4 Å². The van der Waals surface area contributed by atoms with Gasteiger partial charge in [0, 0.05) is 23.2 Å². The minimum atomic E-state index is 0. The van der Waals surface area contributed by atoms with E-state index in [1.54, 1.807) is 11.3 Å². The van der Waals surface area contributed by atoms with Gasteiger partial charge in [-0.15, -0.1) is 23.7 Å². The zero-order valence-corrected chi connectivity index (χ0v) is 8.49. The molecular weight excluding hydrogens is 206 g/mol. The lowest BCUT2D eigenvalue weighted by atomic mass is 10.2. The molecule has 0 unspecified atom stereocenters. The van der Waals surface area contributed by atoms with Gasteiger partial charge in [0.05, 0.1) is 6.20 Å². The molecule has 0 aliphatic carbocycles. The second-order valence-corrected chi connectivity index (χ2v) is 3.49. The van der Waals surface area contributed by atoms with Crippen LogP contribution in [0.25, 0.3) is 11.1 Å². The van der Waals surface area contributed by atoms with Crippen molar-refractivity contribution in [1.29, 1.82) is 0 Å². The number of hydrogen-bond acceptors (Lipinski definition) is 3. The summed E-state index contributed by atoms with van der Waals surface area (Å²) in [7, 11) is 0. The third kappa shape index (κ3) is 2.09. The van der Waals surface area contributed by atoms with Crippen LogP contribution >= 0.6 is 23.7 Å². The van der Waals surface area contributed by atoms with E-state index in [0.717, 1.165) is 5.56 Å². The molecule has 5 heteroatoms. The van der Waals surface area contributed by atoms with E-state index in [9.17, 15) is 0 Å². The zero-order valence-electron chi connectivity index (χ0n) is 6.86. The summed E-state index contributed by atoms with van der Waals surface area (Å²) in [6.07, 6.45) is 3.69. The van der Waals surface area contributed by atoms with Gasteiger partial charge in [-0.05, 0) is 17.0 Å². The molecule has 0 aromatic carbocycles. The molecule has 2 aromatic rings. The van der Waals surface area contributed by atoms with Gasteiger partial charge in [0.2, 0.25) is 0 Å². The SMILES string of the molecule is Cl.NCc1cc(-c2cn[nH]c2)cs1. The number of rotatable bonds is 2. The fraction of sp³-hybridized carbons (Fsp3) is 0.125. The van der Waals surface area contributed by atoms with Gasteiger partial charge < -0.3 is 5.73 Å². The van der Waals surface area contributed by atoms with E-state index in [4.69, 9.17) is 5.73 Å². The van der Waals surface area contributed by atoms with E-state index in [0.29, 0.717) is 6.54 Å². The predicted octanol–water partition coefficient (Wildman–Crippen LogP) is 2.02. The largest absolute Gasteiger partial charge is 0.326 e. The zero-order chi connectivity index (χ0) is 8.39. The van der Waals surface area contributed by atoms with Gasteiger partial charge in [0.15, 0.2) is 0 Å². The Balaban J connectivity index is 0.000000845. The molecule has 2 aromatic heterocycles. The number of halogens is 1. The van der Waals surface area contributed by atoms with Gasteiger partial charge in [-0.2, -0.15) is 5.10 Å². The minimum absolute atomic E-state index is 0. The molecule has 3 nitrogen and oxygen atoms in total. The third-order valence-electron chi connectivity index (χ3n) is 1.69. The van der Waals surface area contributed by atoms with Crippen LogP contribution in [0.1, 0.15) is 4.88 Å². The normalized spacial score (nSPS) is 9.62. The summed E-state index contributed by atoms with van der Waals surface area (Å²) in [5.74, 6) is 0. The van der Waals surface area contributed by atoms with Crippen LogP contribution in [0.3, 0.4) is 0 Å². The van der Waals surface area contributed by atoms with Gasteiger partial charge in [0.1, 0.15) is 0 Å². The van der Waals surface area contributed by atoms with E-state index >= 15 is 0 Å². The molecule has 3 N–H and O–H groups in total. The summed E-state index contributed by atoms with van der Waals surface area (Å²) in [6, 6.07) is 2.09. The quantitative estimate of drug-likeness (QED) is 0.806. The fourth-order valence-corrected chi connectivity index (χ4v) is 1.82. The van der Waals surface area contributed by atoms with E-state index in [-0.39, 0.29) is 12.4 Å². The molecule has 70 valence electrons. The highest BCUT2D eigenvalue weighted by atomic mass is 35.5. The minimum Gasteiger partial charge on any atom is -0.326 e. The lowest BCUT2D eigenvalue weighted by Gasteiger charge is -1.86. The highest BCUT2D eigenvalue weighted by molar-refractivity contribution is 7.10. The van der Waals surface area contributed by atoms with Crippen molar-refractivity contribution in [3.05, 3.63) is 28.7 Å². The van der Waals surface area contributed by atoms with Gasteiger partial charge in [-0.1, -0.05) is 0 Å². The number of hydrogen-bond donors (Lipinski definition) is 2. The first-order chi connectivity index (χ1) is 5.90. The molecule has 0 amide bonds. The standard InChI is InChI=1S/C8H9N3S.ClH/c9-2-8-1-6(5-12-8)7-3-10-11-4-7;/h1,3-5H,2,9H2,(H,10,11);1H. The number of nitrogens with two attached hydrogens (primary N) is 1. The summed E-state index contributed by atoms with van der Waals surface area (Å²) in [6.45, 7) is 0.614. The number of H-pyrrole nitrogens is 1. The van der Waals surface area contributed by atoms with Crippen LogP contribution < -0.4 is 5.73 Å². The van der Waals surface area contributed by atoms with Crippen LogP contribution in [0.4, 0.5) is 0 Å². The Morgan fingerprint density at radius 1 is 1.46 bits per heavy atom. The second-order valence-electron chi connectivity index (χ2n) is 2.49. The van der Waals surface area contributed by atoms with Crippen molar-refractivity contribution in [2.45, 2.75) is 6.54 Å². The van der Waals surface area contributed by atoms with E-state index < -0.39 is 0 Å².